The highest BCUT2D eigenvalue weighted by Gasteiger charge is 2.47. The van der Waals surface area contributed by atoms with E-state index in [1.54, 1.807) is 0 Å². The SMILES string of the molecule is C=CC(=O)OCCCCOC(=O)NCC1C2CCC1C(CNC(=O)OCCOC(=O)C=C)C2. The normalized spacial score (nSPS) is 22.7. The monoisotopic (exact) mass is 466 g/mol. The van der Waals surface area contributed by atoms with E-state index in [4.69, 9.17) is 18.9 Å². The number of hydrogen-bond donors (Lipinski definition) is 2. The Morgan fingerprint density at radius 1 is 0.758 bits per heavy atom. The van der Waals surface area contributed by atoms with E-state index in [-0.39, 0.29) is 26.4 Å². The summed E-state index contributed by atoms with van der Waals surface area (Å²) in [6.07, 6.45) is 5.60. The molecule has 2 N–H and O–H groups in total. The van der Waals surface area contributed by atoms with Crippen molar-refractivity contribution in [2.75, 3.05) is 39.5 Å². The van der Waals surface area contributed by atoms with Crippen LogP contribution in [0.1, 0.15) is 32.1 Å². The first-order valence-corrected chi connectivity index (χ1v) is 11.3. The van der Waals surface area contributed by atoms with Crippen molar-refractivity contribution >= 4 is 24.1 Å². The molecule has 0 radical (unpaired) electrons. The summed E-state index contributed by atoms with van der Waals surface area (Å²) < 4.78 is 19.8. The van der Waals surface area contributed by atoms with Gasteiger partial charge >= 0.3 is 24.1 Å². The van der Waals surface area contributed by atoms with Gasteiger partial charge in [0.2, 0.25) is 0 Å². The van der Waals surface area contributed by atoms with E-state index in [0.717, 1.165) is 31.4 Å². The van der Waals surface area contributed by atoms with Gasteiger partial charge in [0.15, 0.2) is 0 Å². The second kappa shape index (κ2) is 14.2. The summed E-state index contributed by atoms with van der Waals surface area (Å²) in [4.78, 5) is 45.6. The Morgan fingerprint density at radius 3 is 1.97 bits per heavy atom. The molecule has 2 rings (SSSR count). The van der Waals surface area contributed by atoms with Gasteiger partial charge in [0.1, 0.15) is 13.2 Å². The lowest BCUT2D eigenvalue weighted by Crippen LogP contribution is -2.35. The molecule has 0 aromatic carbocycles. The number of ether oxygens (including phenoxy) is 4. The molecule has 0 heterocycles. The Morgan fingerprint density at radius 2 is 1.30 bits per heavy atom. The molecule has 2 aliphatic rings. The highest BCUT2D eigenvalue weighted by molar-refractivity contribution is 5.81. The molecule has 2 fully saturated rings. The molecule has 184 valence electrons. The van der Waals surface area contributed by atoms with E-state index >= 15 is 0 Å². The van der Waals surface area contributed by atoms with E-state index in [1.807, 2.05) is 0 Å². The molecule has 2 aliphatic carbocycles. The van der Waals surface area contributed by atoms with Gasteiger partial charge in [-0.15, -0.1) is 0 Å². The number of amides is 2. The van der Waals surface area contributed by atoms with Crippen molar-refractivity contribution in [3.8, 4) is 0 Å². The Kier molecular flexibility index (Phi) is 11.3. The Balaban J connectivity index is 1.56. The van der Waals surface area contributed by atoms with Gasteiger partial charge in [-0.3, -0.25) is 0 Å². The number of hydrogen-bond acceptors (Lipinski definition) is 8. The largest absolute Gasteiger partial charge is 0.463 e. The summed E-state index contributed by atoms with van der Waals surface area (Å²) in [5, 5.41) is 5.64. The van der Waals surface area contributed by atoms with Crippen LogP contribution in [0, 0.1) is 23.7 Å². The maximum Gasteiger partial charge on any atom is 0.407 e. The number of alkyl carbamates (subject to hydrolysis) is 2. The third-order valence-corrected chi connectivity index (χ3v) is 6.14. The van der Waals surface area contributed by atoms with Crippen molar-refractivity contribution < 1.29 is 38.1 Å². The first-order chi connectivity index (χ1) is 15.9. The van der Waals surface area contributed by atoms with Crippen LogP contribution in [0.5, 0.6) is 0 Å². The van der Waals surface area contributed by atoms with Crippen LogP contribution >= 0.6 is 0 Å². The van der Waals surface area contributed by atoms with Gasteiger partial charge in [-0.1, -0.05) is 13.2 Å². The minimum atomic E-state index is -0.559. The van der Waals surface area contributed by atoms with Crippen LogP contribution in [0.2, 0.25) is 0 Å². The maximum absolute atomic E-state index is 12.0. The second-order valence-corrected chi connectivity index (χ2v) is 8.14. The van der Waals surface area contributed by atoms with Crippen LogP contribution in [0.3, 0.4) is 0 Å². The molecule has 10 nitrogen and oxygen atoms in total. The number of carbonyl (C=O) groups excluding carboxylic acids is 4. The Bertz CT molecular complexity index is 711. The van der Waals surface area contributed by atoms with Crippen LogP contribution in [-0.2, 0) is 28.5 Å². The van der Waals surface area contributed by atoms with Gasteiger partial charge < -0.3 is 29.6 Å². The maximum atomic E-state index is 12.0. The van der Waals surface area contributed by atoms with E-state index in [2.05, 4.69) is 23.8 Å². The van der Waals surface area contributed by atoms with E-state index in [9.17, 15) is 19.2 Å². The van der Waals surface area contributed by atoms with Crippen molar-refractivity contribution in [3.05, 3.63) is 25.3 Å². The molecule has 0 aliphatic heterocycles. The summed E-state index contributed by atoms with van der Waals surface area (Å²) >= 11 is 0. The number of carbonyl (C=O) groups is 4. The molecule has 0 spiro atoms. The fraction of sp³-hybridized carbons (Fsp3) is 0.652. The third kappa shape index (κ3) is 9.15. The molecule has 2 saturated carbocycles. The van der Waals surface area contributed by atoms with E-state index in [1.165, 1.54) is 0 Å². The predicted octanol–water partition coefficient (Wildman–Crippen LogP) is 2.34. The average Bonchev–Trinajstić information content (AvgIpc) is 3.37. The van der Waals surface area contributed by atoms with Gasteiger partial charge in [-0.2, -0.15) is 0 Å². The number of unbranched alkanes of at least 4 members (excludes halogenated alkanes) is 1. The topological polar surface area (TPSA) is 129 Å². The minimum Gasteiger partial charge on any atom is -0.463 e. The second-order valence-electron chi connectivity index (χ2n) is 8.14. The van der Waals surface area contributed by atoms with Crippen LogP contribution in [0.15, 0.2) is 25.3 Å². The quantitative estimate of drug-likeness (QED) is 0.173. The number of esters is 2. The molecule has 0 saturated heterocycles. The fourth-order valence-corrected chi connectivity index (χ4v) is 4.63. The Hall–Kier alpha value is -3.04. The lowest BCUT2D eigenvalue weighted by atomic mass is 9.88. The van der Waals surface area contributed by atoms with Gasteiger partial charge in [-0.25, -0.2) is 19.2 Å². The van der Waals surface area contributed by atoms with Crippen molar-refractivity contribution in [1.29, 1.82) is 0 Å². The average molecular weight is 467 g/mol. The third-order valence-electron chi connectivity index (χ3n) is 6.14. The zero-order valence-electron chi connectivity index (χ0n) is 18.9. The molecule has 2 amide bonds. The zero-order chi connectivity index (χ0) is 24.1. The lowest BCUT2D eigenvalue weighted by Gasteiger charge is -2.22. The number of fused-ring (bicyclic) bond motifs is 2. The molecule has 0 aromatic rings. The molecular formula is C23H34N2O8. The van der Waals surface area contributed by atoms with Gasteiger partial charge in [-0.05, 0) is 55.8 Å². The van der Waals surface area contributed by atoms with Crippen molar-refractivity contribution in [2.24, 2.45) is 23.7 Å². The molecular weight excluding hydrogens is 432 g/mol. The van der Waals surface area contributed by atoms with Crippen molar-refractivity contribution in [2.45, 2.75) is 32.1 Å². The zero-order valence-corrected chi connectivity index (χ0v) is 18.9. The van der Waals surface area contributed by atoms with Gasteiger partial charge in [0.25, 0.3) is 0 Å². The first-order valence-electron chi connectivity index (χ1n) is 11.3. The summed E-state index contributed by atoms with van der Waals surface area (Å²) in [6, 6.07) is 0. The number of rotatable bonds is 14. The lowest BCUT2D eigenvalue weighted by molar-refractivity contribution is -0.139. The molecule has 0 aromatic heterocycles. The summed E-state index contributed by atoms with van der Waals surface area (Å²) in [7, 11) is 0. The molecule has 2 bridgehead atoms. The van der Waals surface area contributed by atoms with Crippen LogP contribution < -0.4 is 10.6 Å². The van der Waals surface area contributed by atoms with E-state index < -0.39 is 24.1 Å². The Labute approximate surface area is 194 Å². The van der Waals surface area contributed by atoms with Crippen molar-refractivity contribution in [3.63, 3.8) is 0 Å². The van der Waals surface area contributed by atoms with Gasteiger partial charge in [0.05, 0.1) is 13.2 Å². The smallest absolute Gasteiger partial charge is 0.407 e. The van der Waals surface area contributed by atoms with E-state index in [0.29, 0.717) is 49.6 Å². The summed E-state index contributed by atoms with van der Waals surface area (Å²) in [6.45, 7) is 8.18. The highest BCUT2D eigenvalue weighted by atomic mass is 16.6. The van der Waals surface area contributed by atoms with Crippen LogP contribution in [0.25, 0.3) is 0 Å². The van der Waals surface area contributed by atoms with Crippen molar-refractivity contribution in [1.82, 2.24) is 10.6 Å². The fourth-order valence-electron chi connectivity index (χ4n) is 4.63. The molecule has 10 heteroatoms. The summed E-state index contributed by atoms with van der Waals surface area (Å²) in [5.41, 5.74) is 0. The number of nitrogens with one attached hydrogen (secondary N) is 2. The molecule has 33 heavy (non-hydrogen) atoms. The summed E-state index contributed by atoms with van der Waals surface area (Å²) in [5.74, 6) is 0.653. The minimum absolute atomic E-state index is 0.0149. The van der Waals surface area contributed by atoms with Crippen LogP contribution in [-0.4, -0.2) is 63.6 Å². The van der Waals surface area contributed by atoms with Gasteiger partial charge in [0, 0.05) is 25.2 Å². The molecule has 4 atom stereocenters. The predicted molar refractivity (Wildman–Crippen MR) is 118 cm³/mol. The molecule has 4 unspecified atom stereocenters. The first kappa shape index (κ1) is 26.2. The highest BCUT2D eigenvalue weighted by Crippen LogP contribution is 2.52. The van der Waals surface area contributed by atoms with Crippen LogP contribution in [0.4, 0.5) is 9.59 Å². The standard InChI is InChI=1S/C23H34N2O8/c1-3-20(26)30-9-5-6-10-32-23(29)25-15-19-16-7-8-18(19)17(13-16)14-24-22(28)33-12-11-31-21(27)4-2/h3-4,16-19H,1-2,5-15H2,(H,24,28)(H,25,29).